The number of halogens is 2. The van der Waals surface area contributed by atoms with Gasteiger partial charge in [-0.25, -0.2) is 4.79 Å². The summed E-state index contributed by atoms with van der Waals surface area (Å²) in [6.07, 6.45) is 1.41. The van der Waals surface area contributed by atoms with Crippen molar-refractivity contribution >= 4 is 46.7 Å². The zero-order valence-electron chi connectivity index (χ0n) is 13.8. The van der Waals surface area contributed by atoms with Crippen LogP contribution in [0.5, 0.6) is 0 Å². The van der Waals surface area contributed by atoms with E-state index in [4.69, 9.17) is 23.2 Å². The molecule has 0 aromatic heterocycles. The summed E-state index contributed by atoms with van der Waals surface area (Å²) >= 11 is 12.0. The number of likely N-dealkylation sites (tertiary alicyclic amines) is 1. The highest BCUT2D eigenvalue weighted by Crippen LogP contribution is 2.27. The number of carbonyl (C=O) groups is 3. The van der Waals surface area contributed by atoms with Crippen LogP contribution in [0.1, 0.15) is 19.8 Å². The van der Waals surface area contributed by atoms with Crippen molar-refractivity contribution in [3.63, 3.8) is 0 Å². The first-order valence-electron chi connectivity index (χ1n) is 7.98. The van der Waals surface area contributed by atoms with Crippen LogP contribution in [0, 0.1) is 0 Å². The van der Waals surface area contributed by atoms with Gasteiger partial charge < -0.3 is 10.6 Å². The maximum Gasteiger partial charge on any atom is 0.321 e. The third kappa shape index (κ3) is 5.59. The summed E-state index contributed by atoms with van der Waals surface area (Å²) in [7, 11) is 0. The van der Waals surface area contributed by atoms with Crippen LogP contribution in [-0.2, 0) is 9.59 Å². The van der Waals surface area contributed by atoms with E-state index >= 15 is 0 Å². The Bertz CT molecular complexity index is 669. The summed E-state index contributed by atoms with van der Waals surface area (Å²) in [5.41, 5.74) is 0.429. The third-order valence-corrected chi connectivity index (χ3v) is 4.35. The fourth-order valence-corrected chi connectivity index (χ4v) is 3.01. The standard InChI is InChI=1S/C16H20Cl2N4O3/c1-2-19-16(25)21-14(23)9-22-7-3-4-13(22)15(24)20-12-8-10(17)5-6-11(12)18/h5-6,8,13H,2-4,7,9H2,1H3,(H,20,24)(H2,19,21,23,25)/t13-/m1/s1. The Labute approximate surface area is 156 Å². The second-order valence-corrected chi connectivity index (χ2v) is 6.49. The number of hydrogen-bond donors (Lipinski definition) is 3. The molecule has 4 amide bonds. The number of nitrogens with one attached hydrogen (secondary N) is 3. The number of amides is 4. The summed E-state index contributed by atoms with van der Waals surface area (Å²) in [5, 5.41) is 8.31. The van der Waals surface area contributed by atoms with Crippen LogP contribution in [0.4, 0.5) is 10.5 Å². The van der Waals surface area contributed by atoms with E-state index in [0.717, 1.165) is 6.42 Å². The Kier molecular flexibility index (Phi) is 7.04. The molecule has 1 heterocycles. The fraction of sp³-hybridized carbons (Fsp3) is 0.438. The monoisotopic (exact) mass is 386 g/mol. The summed E-state index contributed by atoms with van der Waals surface area (Å²) < 4.78 is 0. The zero-order chi connectivity index (χ0) is 18.4. The number of imide groups is 1. The highest BCUT2D eigenvalue weighted by atomic mass is 35.5. The molecule has 25 heavy (non-hydrogen) atoms. The average molecular weight is 387 g/mol. The van der Waals surface area contributed by atoms with E-state index in [2.05, 4.69) is 16.0 Å². The molecule has 2 rings (SSSR count). The van der Waals surface area contributed by atoms with Gasteiger partial charge in [-0.2, -0.15) is 0 Å². The van der Waals surface area contributed by atoms with Gasteiger partial charge in [0, 0.05) is 11.6 Å². The summed E-state index contributed by atoms with van der Waals surface area (Å²) in [6, 6.07) is 3.80. The van der Waals surface area contributed by atoms with Crippen molar-refractivity contribution in [2.24, 2.45) is 0 Å². The molecule has 1 aromatic carbocycles. The Morgan fingerprint density at radius 3 is 2.76 bits per heavy atom. The van der Waals surface area contributed by atoms with Gasteiger partial charge in [0.05, 0.1) is 23.3 Å². The smallest absolute Gasteiger partial charge is 0.321 e. The second kappa shape index (κ2) is 9.03. The lowest BCUT2D eigenvalue weighted by atomic mass is 10.2. The Hall–Kier alpha value is -1.83. The molecule has 9 heteroatoms. The lowest BCUT2D eigenvalue weighted by Gasteiger charge is -2.23. The molecule has 0 bridgehead atoms. The number of carbonyl (C=O) groups excluding carboxylic acids is 3. The number of nitrogens with zero attached hydrogens (tertiary/aromatic N) is 1. The second-order valence-electron chi connectivity index (χ2n) is 5.65. The molecular formula is C16H20Cl2N4O3. The molecule has 136 valence electrons. The van der Waals surface area contributed by atoms with Gasteiger partial charge in [0.15, 0.2) is 0 Å². The summed E-state index contributed by atoms with van der Waals surface area (Å²) in [5.74, 6) is -0.709. The molecule has 0 spiro atoms. The lowest BCUT2D eigenvalue weighted by Crippen LogP contribution is -2.48. The van der Waals surface area contributed by atoms with Crippen molar-refractivity contribution in [3.8, 4) is 0 Å². The minimum atomic E-state index is -0.543. The van der Waals surface area contributed by atoms with Gasteiger partial charge in [-0.15, -0.1) is 0 Å². The van der Waals surface area contributed by atoms with E-state index in [-0.39, 0.29) is 12.5 Å². The first-order chi connectivity index (χ1) is 11.9. The van der Waals surface area contributed by atoms with Crippen LogP contribution < -0.4 is 16.0 Å². The third-order valence-electron chi connectivity index (χ3n) is 3.79. The van der Waals surface area contributed by atoms with E-state index in [1.54, 1.807) is 30.0 Å². The topological polar surface area (TPSA) is 90.5 Å². The number of urea groups is 1. The van der Waals surface area contributed by atoms with E-state index in [1.165, 1.54) is 0 Å². The van der Waals surface area contributed by atoms with Crippen LogP contribution >= 0.6 is 23.2 Å². The normalized spacial score (nSPS) is 17.2. The van der Waals surface area contributed by atoms with Crippen molar-refractivity contribution in [2.75, 3.05) is 25.0 Å². The van der Waals surface area contributed by atoms with E-state index in [1.807, 2.05) is 0 Å². The maximum absolute atomic E-state index is 12.5. The van der Waals surface area contributed by atoms with Gasteiger partial charge in [0.2, 0.25) is 11.8 Å². The lowest BCUT2D eigenvalue weighted by molar-refractivity contribution is -0.124. The highest BCUT2D eigenvalue weighted by Gasteiger charge is 2.32. The first kappa shape index (κ1) is 19.5. The van der Waals surface area contributed by atoms with E-state index in [0.29, 0.717) is 35.2 Å². The average Bonchev–Trinajstić information content (AvgIpc) is 2.99. The number of rotatable bonds is 5. The van der Waals surface area contributed by atoms with Crippen LogP contribution in [0.15, 0.2) is 18.2 Å². The van der Waals surface area contributed by atoms with Crippen molar-refractivity contribution in [1.82, 2.24) is 15.5 Å². The minimum absolute atomic E-state index is 0.0293. The van der Waals surface area contributed by atoms with E-state index in [9.17, 15) is 14.4 Å². The van der Waals surface area contributed by atoms with Gasteiger partial charge in [-0.1, -0.05) is 23.2 Å². The Balaban J connectivity index is 1.95. The molecule has 1 aliphatic rings. The van der Waals surface area contributed by atoms with E-state index < -0.39 is 18.0 Å². The first-order valence-corrected chi connectivity index (χ1v) is 8.74. The number of hydrogen-bond acceptors (Lipinski definition) is 4. The molecular weight excluding hydrogens is 367 g/mol. The highest BCUT2D eigenvalue weighted by molar-refractivity contribution is 6.35. The molecule has 0 unspecified atom stereocenters. The predicted molar refractivity (Wildman–Crippen MR) is 96.9 cm³/mol. The van der Waals surface area contributed by atoms with Crippen LogP contribution in [0.25, 0.3) is 0 Å². The maximum atomic E-state index is 12.5. The quantitative estimate of drug-likeness (QED) is 0.723. The molecule has 0 saturated carbocycles. The van der Waals surface area contributed by atoms with Gasteiger partial charge in [0.1, 0.15) is 0 Å². The fourth-order valence-electron chi connectivity index (χ4n) is 2.68. The number of anilines is 1. The van der Waals surface area contributed by atoms with Gasteiger partial charge in [-0.3, -0.25) is 19.8 Å². The molecule has 7 nitrogen and oxygen atoms in total. The van der Waals surface area contributed by atoms with Gasteiger partial charge >= 0.3 is 6.03 Å². The van der Waals surface area contributed by atoms with Crippen LogP contribution in [0.2, 0.25) is 10.0 Å². The molecule has 1 saturated heterocycles. The van der Waals surface area contributed by atoms with Gasteiger partial charge in [-0.05, 0) is 44.5 Å². The van der Waals surface area contributed by atoms with Crippen LogP contribution in [-0.4, -0.2) is 48.4 Å². The molecule has 1 fully saturated rings. The van der Waals surface area contributed by atoms with Crippen molar-refractivity contribution in [3.05, 3.63) is 28.2 Å². The van der Waals surface area contributed by atoms with Crippen molar-refractivity contribution in [2.45, 2.75) is 25.8 Å². The molecule has 3 N–H and O–H groups in total. The molecule has 1 aromatic rings. The Morgan fingerprint density at radius 2 is 2.04 bits per heavy atom. The molecule has 1 atom stereocenters. The molecule has 0 aliphatic carbocycles. The Morgan fingerprint density at radius 1 is 1.28 bits per heavy atom. The SMILES string of the molecule is CCNC(=O)NC(=O)CN1CCC[C@@H]1C(=O)Nc1cc(Cl)ccc1Cl. The van der Waals surface area contributed by atoms with Gasteiger partial charge in [0.25, 0.3) is 0 Å². The minimum Gasteiger partial charge on any atom is -0.338 e. The van der Waals surface area contributed by atoms with Crippen LogP contribution in [0.3, 0.4) is 0 Å². The largest absolute Gasteiger partial charge is 0.338 e. The predicted octanol–water partition coefficient (Wildman–Crippen LogP) is 2.24. The number of benzene rings is 1. The molecule has 0 radical (unpaired) electrons. The van der Waals surface area contributed by atoms with Crippen molar-refractivity contribution in [1.29, 1.82) is 0 Å². The zero-order valence-corrected chi connectivity index (χ0v) is 15.3. The van der Waals surface area contributed by atoms with Crippen molar-refractivity contribution < 1.29 is 14.4 Å². The summed E-state index contributed by atoms with van der Waals surface area (Å²) in [6.45, 7) is 2.75. The summed E-state index contributed by atoms with van der Waals surface area (Å²) in [4.78, 5) is 37.6. The molecule has 1 aliphatic heterocycles.